The van der Waals surface area contributed by atoms with Gasteiger partial charge in [0.25, 0.3) is 0 Å². The van der Waals surface area contributed by atoms with Crippen LogP contribution in [0.1, 0.15) is 32.6 Å². The molecule has 0 spiro atoms. The minimum atomic E-state index is -0.730. The molecule has 0 radical (unpaired) electrons. The van der Waals surface area contributed by atoms with Crippen LogP contribution in [0.5, 0.6) is 0 Å². The van der Waals surface area contributed by atoms with Gasteiger partial charge in [-0.3, -0.25) is 0 Å². The summed E-state index contributed by atoms with van der Waals surface area (Å²) in [5.74, 6) is 0. The van der Waals surface area contributed by atoms with Crippen molar-refractivity contribution in [2.75, 3.05) is 6.61 Å². The van der Waals surface area contributed by atoms with E-state index >= 15 is 0 Å². The van der Waals surface area contributed by atoms with Gasteiger partial charge in [0.05, 0.1) is 0 Å². The second-order valence-electron chi connectivity index (χ2n) is 4.75. The molecule has 0 amide bonds. The van der Waals surface area contributed by atoms with Crippen molar-refractivity contribution in [2.45, 2.75) is 49.6 Å². The fourth-order valence-corrected chi connectivity index (χ4v) is 4.58. The molecule has 0 aliphatic rings. The van der Waals surface area contributed by atoms with E-state index in [1.807, 2.05) is 18.2 Å². The summed E-state index contributed by atoms with van der Waals surface area (Å²) in [7, 11) is 0. The molecule has 0 fully saturated rings. The van der Waals surface area contributed by atoms with Crippen LogP contribution in [-0.2, 0) is 0 Å². The molecule has 1 rings (SSSR count). The molecule has 3 N–H and O–H groups in total. The molecule has 1 aromatic carbocycles. The Bertz CT molecular complexity index is 331. The van der Waals surface area contributed by atoms with Gasteiger partial charge in [-0.15, -0.1) is 0 Å². The number of aliphatic hydroxyl groups is 3. The Morgan fingerprint density at radius 2 is 1.84 bits per heavy atom. The fourth-order valence-electron chi connectivity index (χ4n) is 1.90. The zero-order valence-electron chi connectivity index (χ0n) is 11.4. The summed E-state index contributed by atoms with van der Waals surface area (Å²) < 4.78 is 1.22. The van der Waals surface area contributed by atoms with Crippen molar-refractivity contribution in [1.29, 1.82) is 0 Å². The topological polar surface area (TPSA) is 60.7 Å². The van der Waals surface area contributed by atoms with Crippen LogP contribution in [0.3, 0.4) is 0 Å². The zero-order valence-corrected chi connectivity index (χ0v) is 13.1. The summed E-state index contributed by atoms with van der Waals surface area (Å²) in [6.45, 7) is 1.87. The van der Waals surface area contributed by atoms with E-state index < -0.39 is 6.10 Å². The molecule has 0 unspecified atom stereocenters. The summed E-state index contributed by atoms with van der Waals surface area (Å²) in [6.07, 6.45) is 2.18. The number of benzene rings is 1. The van der Waals surface area contributed by atoms with E-state index in [9.17, 15) is 10.2 Å². The van der Waals surface area contributed by atoms with E-state index in [2.05, 4.69) is 19.1 Å². The van der Waals surface area contributed by atoms with Crippen LogP contribution < -0.4 is 4.46 Å². The third-order valence-electron chi connectivity index (χ3n) is 3.03. The van der Waals surface area contributed by atoms with Crippen LogP contribution in [-0.4, -0.2) is 49.1 Å². The first-order chi connectivity index (χ1) is 9.17. The molecule has 4 heteroatoms. The van der Waals surface area contributed by atoms with Crippen molar-refractivity contribution in [3.8, 4) is 0 Å². The van der Waals surface area contributed by atoms with E-state index in [1.54, 1.807) is 0 Å². The van der Waals surface area contributed by atoms with Gasteiger partial charge < -0.3 is 0 Å². The monoisotopic (exact) mass is 332 g/mol. The predicted octanol–water partition coefficient (Wildman–Crippen LogP) is 1.10. The Morgan fingerprint density at radius 3 is 2.42 bits per heavy atom. The Morgan fingerprint density at radius 1 is 1.16 bits per heavy atom. The summed E-state index contributed by atoms with van der Waals surface area (Å²) in [4.78, 5) is 0.0589. The van der Waals surface area contributed by atoms with Gasteiger partial charge >= 0.3 is 121 Å². The van der Waals surface area contributed by atoms with Crippen molar-refractivity contribution in [1.82, 2.24) is 0 Å². The van der Waals surface area contributed by atoms with Gasteiger partial charge in [-0.05, 0) is 0 Å². The molecule has 1 aromatic rings. The van der Waals surface area contributed by atoms with E-state index in [0.717, 1.165) is 19.3 Å². The molecule has 0 saturated carbocycles. The van der Waals surface area contributed by atoms with Crippen LogP contribution in [0.2, 0.25) is 4.82 Å². The Kier molecular flexibility index (Phi) is 8.35. The first-order valence-electron chi connectivity index (χ1n) is 6.86. The van der Waals surface area contributed by atoms with Crippen LogP contribution in [0, 0.1) is 0 Å². The molecule has 0 aliphatic carbocycles. The first kappa shape index (κ1) is 16.7. The molecular weight excluding hydrogens is 307 g/mol. The average molecular weight is 331 g/mol. The van der Waals surface area contributed by atoms with Crippen LogP contribution in [0.15, 0.2) is 30.3 Å². The molecule has 0 aliphatic heterocycles. The zero-order chi connectivity index (χ0) is 14.1. The first-order valence-corrected chi connectivity index (χ1v) is 8.70. The third kappa shape index (κ3) is 6.55. The Balaban J connectivity index is 2.62. The Labute approximate surface area is 121 Å². The molecule has 0 saturated heterocycles. The second-order valence-corrected chi connectivity index (χ2v) is 7.50. The van der Waals surface area contributed by atoms with Gasteiger partial charge in [0, 0.05) is 0 Å². The normalized spacial score (nSPS) is 16.0. The van der Waals surface area contributed by atoms with Crippen LogP contribution >= 0.6 is 0 Å². The summed E-state index contributed by atoms with van der Waals surface area (Å²) in [5, 5.41) is 28.9. The van der Waals surface area contributed by atoms with Crippen LogP contribution in [0.4, 0.5) is 0 Å². The van der Waals surface area contributed by atoms with Gasteiger partial charge in [-0.2, -0.15) is 0 Å². The quantitative estimate of drug-likeness (QED) is 0.594. The summed E-state index contributed by atoms with van der Waals surface area (Å²) in [6, 6.07) is 10.1. The average Bonchev–Trinajstić information content (AvgIpc) is 2.44. The number of hydrogen-bond acceptors (Lipinski definition) is 3. The number of unbranched alkanes of at least 4 members (excludes halogenated alkanes) is 1. The van der Waals surface area contributed by atoms with Crippen molar-refractivity contribution < 1.29 is 15.3 Å². The maximum absolute atomic E-state index is 10.3. The van der Waals surface area contributed by atoms with Crippen LogP contribution in [0.25, 0.3) is 0 Å². The van der Waals surface area contributed by atoms with Crippen molar-refractivity contribution in [3.05, 3.63) is 30.3 Å². The predicted molar refractivity (Wildman–Crippen MR) is 78.8 cm³/mol. The molecule has 3 atom stereocenters. The van der Waals surface area contributed by atoms with E-state index in [-0.39, 0.29) is 32.5 Å². The van der Waals surface area contributed by atoms with E-state index in [1.165, 1.54) is 4.46 Å². The number of hydrogen-bond donors (Lipinski definition) is 3. The van der Waals surface area contributed by atoms with E-state index in [0.29, 0.717) is 6.42 Å². The second kappa shape index (κ2) is 9.51. The van der Waals surface area contributed by atoms with Crippen molar-refractivity contribution in [3.63, 3.8) is 0 Å². The van der Waals surface area contributed by atoms with Gasteiger partial charge in [0.2, 0.25) is 0 Å². The molecule has 0 heterocycles. The number of rotatable bonds is 9. The van der Waals surface area contributed by atoms with Gasteiger partial charge in [-0.25, -0.2) is 0 Å². The molecule has 0 aromatic heterocycles. The summed E-state index contributed by atoms with van der Waals surface area (Å²) >= 11 is 0.116. The molecule has 19 heavy (non-hydrogen) atoms. The molecule has 0 bridgehead atoms. The molecule has 108 valence electrons. The van der Waals surface area contributed by atoms with Crippen molar-refractivity contribution in [2.24, 2.45) is 0 Å². The van der Waals surface area contributed by atoms with Gasteiger partial charge in [0.15, 0.2) is 0 Å². The third-order valence-corrected chi connectivity index (χ3v) is 5.87. The van der Waals surface area contributed by atoms with E-state index in [4.69, 9.17) is 5.11 Å². The SMILES string of the molecule is CCCC[C@H](O)[C@H](C[C@H](O)CO)[Se]c1ccccc1. The Hall–Kier alpha value is -0.381. The minimum absolute atomic E-state index is 0.0589. The van der Waals surface area contributed by atoms with Crippen molar-refractivity contribution >= 4 is 19.4 Å². The molecule has 3 nitrogen and oxygen atoms in total. The molecular formula is C15H24O3Se. The van der Waals surface area contributed by atoms with Gasteiger partial charge in [-0.1, -0.05) is 0 Å². The summed E-state index contributed by atoms with van der Waals surface area (Å²) in [5.41, 5.74) is 0. The maximum atomic E-state index is 10.3. The fraction of sp³-hybridized carbons (Fsp3) is 0.600. The standard InChI is InChI=1S/C15H24O3Se/c1-2-3-9-14(18)15(10-12(17)11-16)19-13-7-5-4-6-8-13/h4-8,12,14-18H,2-3,9-11H2,1H3/t12-,14-,15-/m0/s1. The number of aliphatic hydroxyl groups excluding tert-OH is 3. The van der Waals surface area contributed by atoms with Gasteiger partial charge in [0.1, 0.15) is 0 Å².